The highest BCUT2D eigenvalue weighted by Crippen LogP contribution is 2.34. The van der Waals surface area contributed by atoms with Gasteiger partial charge in [0, 0.05) is 0 Å². The van der Waals surface area contributed by atoms with Gasteiger partial charge in [-0.25, -0.2) is 0 Å². The maximum atomic E-state index is 10.9. The predicted molar refractivity (Wildman–Crippen MR) is 65.6 cm³/mol. The van der Waals surface area contributed by atoms with Crippen molar-refractivity contribution < 1.29 is 14.6 Å². The molecular weight excluding hydrogens is 278 g/mol. The molecule has 1 aliphatic heterocycles. The minimum atomic E-state index is -0.937. The topological polar surface area (TPSA) is 108 Å². The molecule has 0 fully saturated rings. The second kappa shape index (κ2) is 4.94. The zero-order valence-corrected chi connectivity index (χ0v) is 9.96. The third kappa shape index (κ3) is 2.63. The zero-order valence-electron chi connectivity index (χ0n) is 9.20. The fourth-order valence-electron chi connectivity index (χ4n) is 1.40. The molecule has 0 saturated heterocycles. The smallest absolute Gasteiger partial charge is 0.344 e. The van der Waals surface area contributed by atoms with Crippen LogP contribution in [0.3, 0.4) is 0 Å². The Balaban J connectivity index is 2.42. The number of halogens is 1. The van der Waals surface area contributed by atoms with Crippen molar-refractivity contribution in [3.8, 4) is 5.75 Å². The summed E-state index contributed by atoms with van der Waals surface area (Å²) in [7, 11) is 0. The first-order chi connectivity index (χ1) is 8.99. The average molecular weight is 284 g/mol. The molecule has 2 rings (SSSR count). The molecule has 19 heavy (non-hydrogen) atoms. The van der Waals surface area contributed by atoms with E-state index in [1.807, 2.05) is 0 Å². The molecule has 0 atom stereocenters. The molecule has 1 aliphatic rings. The normalized spacial score (nSPS) is 16.2. The van der Waals surface area contributed by atoms with Gasteiger partial charge >= 0.3 is 10.9 Å². The molecule has 1 heterocycles. The van der Waals surface area contributed by atoms with Crippen LogP contribution < -0.4 is 10.1 Å². The van der Waals surface area contributed by atoms with Gasteiger partial charge in [0.25, 0.3) is 5.88 Å². The van der Waals surface area contributed by atoms with E-state index >= 15 is 0 Å². The van der Waals surface area contributed by atoms with E-state index in [0.29, 0.717) is 17.5 Å². The second-order valence-corrected chi connectivity index (χ2v) is 3.81. The molecule has 9 heteroatoms. The molecule has 1 aromatic carbocycles. The van der Waals surface area contributed by atoms with E-state index in [1.54, 1.807) is 24.3 Å². The number of fused-ring (bicyclic) bond motifs is 1. The van der Waals surface area contributed by atoms with Crippen LogP contribution in [0.1, 0.15) is 0 Å². The number of para-hydroxylation sites is 2. The molecule has 0 saturated carbocycles. The molecule has 0 bridgehead atoms. The largest absolute Gasteiger partial charge is 0.433 e. The second-order valence-electron chi connectivity index (χ2n) is 3.42. The lowest BCUT2D eigenvalue weighted by Crippen LogP contribution is -2.09. The predicted octanol–water partition coefficient (Wildman–Crippen LogP) is 2.29. The number of hydrogen-bond donors (Lipinski definition) is 1. The number of anilines is 1. The number of hydrogen-bond acceptors (Lipinski definition) is 6. The molecule has 0 unspecified atom stereocenters. The Bertz CT molecular complexity index is 598. The number of rotatable bonds is 3. The van der Waals surface area contributed by atoms with E-state index in [4.69, 9.17) is 16.3 Å². The van der Waals surface area contributed by atoms with Crippen LogP contribution in [0.15, 0.2) is 47.1 Å². The van der Waals surface area contributed by atoms with Crippen molar-refractivity contribution >= 4 is 17.3 Å². The van der Waals surface area contributed by atoms with Crippen molar-refractivity contribution in [3.63, 3.8) is 0 Å². The zero-order chi connectivity index (χ0) is 14.0. The van der Waals surface area contributed by atoms with Crippen molar-refractivity contribution in [3.05, 3.63) is 67.3 Å². The lowest BCUT2D eigenvalue weighted by Gasteiger charge is -1.98. The van der Waals surface area contributed by atoms with E-state index in [0.717, 1.165) is 0 Å². The van der Waals surface area contributed by atoms with Gasteiger partial charge in [-0.15, -0.1) is 0 Å². The molecule has 0 amide bonds. The van der Waals surface area contributed by atoms with Crippen LogP contribution in [0.2, 0.25) is 0 Å². The van der Waals surface area contributed by atoms with Crippen molar-refractivity contribution in [1.82, 2.24) is 0 Å². The standard InChI is InChI=1S/C10H6ClN3O5/c11-9(14(17)18)5-7(13(15)16)10-12-6-3-1-2-4-8(6)19-10/h1-5,12H/b9-5+,10-7+. The first-order valence-corrected chi connectivity index (χ1v) is 5.31. The van der Waals surface area contributed by atoms with Gasteiger partial charge in [-0.3, -0.25) is 20.2 Å². The fraction of sp³-hybridized carbons (Fsp3) is 0. The third-order valence-corrected chi connectivity index (χ3v) is 2.45. The molecule has 98 valence electrons. The minimum absolute atomic E-state index is 0.216. The van der Waals surface area contributed by atoms with E-state index in [9.17, 15) is 20.2 Å². The Morgan fingerprint density at radius 2 is 1.95 bits per heavy atom. The Kier molecular flexibility index (Phi) is 3.34. The molecule has 1 aromatic rings. The summed E-state index contributed by atoms with van der Waals surface area (Å²) in [5, 5.41) is 23.1. The van der Waals surface area contributed by atoms with Gasteiger partial charge in [0.1, 0.15) is 6.08 Å². The summed E-state index contributed by atoms with van der Waals surface area (Å²) in [6.07, 6.45) is 0.621. The van der Waals surface area contributed by atoms with Crippen LogP contribution >= 0.6 is 11.6 Å². The van der Waals surface area contributed by atoms with Gasteiger partial charge in [-0.2, -0.15) is 0 Å². The fourth-order valence-corrected chi connectivity index (χ4v) is 1.50. The molecule has 8 nitrogen and oxygen atoms in total. The molecular formula is C10H6ClN3O5. The Morgan fingerprint density at radius 3 is 2.53 bits per heavy atom. The van der Waals surface area contributed by atoms with Crippen molar-refractivity contribution in [2.45, 2.75) is 0 Å². The van der Waals surface area contributed by atoms with Crippen LogP contribution in [0.5, 0.6) is 5.75 Å². The van der Waals surface area contributed by atoms with E-state index in [2.05, 4.69) is 5.32 Å². The number of benzene rings is 1. The van der Waals surface area contributed by atoms with Crippen LogP contribution in [0.25, 0.3) is 0 Å². The first kappa shape index (κ1) is 12.8. The average Bonchev–Trinajstić information content (AvgIpc) is 2.78. The van der Waals surface area contributed by atoms with Crippen molar-refractivity contribution in [2.24, 2.45) is 0 Å². The first-order valence-electron chi connectivity index (χ1n) is 4.93. The maximum absolute atomic E-state index is 10.9. The SMILES string of the molecule is O=[N+]([O-])/C(Cl)=C/C(=C1/Nc2ccccc2O1)[N+](=O)[O-]. The van der Waals surface area contributed by atoms with E-state index in [-0.39, 0.29) is 5.88 Å². The number of ether oxygens (including phenoxy) is 1. The summed E-state index contributed by atoms with van der Waals surface area (Å²) in [4.78, 5) is 19.5. The summed E-state index contributed by atoms with van der Waals surface area (Å²) >= 11 is 5.28. The van der Waals surface area contributed by atoms with Gasteiger partial charge < -0.3 is 10.1 Å². The number of nitro groups is 2. The monoisotopic (exact) mass is 283 g/mol. The number of nitrogens with one attached hydrogen (secondary N) is 1. The highest BCUT2D eigenvalue weighted by Gasteiger charge is 2.28. The van der Waals surface area contributed by atoms with Crippen LogP contribution in [-0.2, 0) is 0 Å². The number of nitrogens with zero attached hydrogens (tertiary/aromatic N) is 2. The Morgan fingerprint density at radius 1 is 1.26 bits per heavy atom. The summed E-state index contributed by atoms with van der Waals surface area (Å²) in [6, 6.07) is 6.66. The quantitative estimate of drug-likeness (QED) is 0.518. The molecule has 0 aromatic heterocycles. The van der Waals surface area contributed by atoms with Crippen LogP contribution in [0.4, 0.5) is 5.69 Å². The number of allylic oxidation sites excluding steroid dienone is 1. The molecule has 0 radical (unpaired) electrons. The highest BCUT2D eigenvalue weighted by atomic mass is 35.5. The Hall–Kier alpha value is -2.61. The van der Waals surface area contributed by atoms with Gasteiger partial charge in [0.2, 0.25) is 0 Å². The van der Waals surface area contributed by atoms with E-state index < -0.39 is 20.7 Å². The maximum Gasteiger partial charge on any atom is 0.344 e. The van der Waals surface area contributed by atoms with E-state index in [1.165, 1.54) is 0 Å². The third-order valence-electron chi connectivity index (χ3n) is 2.21. The van der Waals surface area contributed by atoms with Gasteiger partial charge in [-0.05, 0) is 23.7 Å². The summed E-state index contributed by atoms with van der Waals surface area (Å²) < 4.78 is 5.21. The Labute approximate surface area is 111 Å². The van der Waals surface area contributed by atoms with Gasteiger partial charge in [-0.1, -0.05) is 12.1 Å². The van der Waals surface area contributed by atoms with Gasteiger partial charge in [0.15, 0.2) is 5.75 Å². The molecule has 1 N–H and O–H groups in total. The molecule has 0 spiro atoms. The van der Waals surface area contributed by atoms with Crippen LogP contribution in [0, 0.1) is 20.2 Å². The van der Waals surface area contributed by atoms with Crippen molar-refractivity contribution in [1.29, 1.82) is 0 Å². The van der Waals surface area contributed by atoms with Crippen LogP contribution in [-0.4, -0.2) is 9.85 Å². The lowest BCUT2D eigenvalue weighted by molar-refractivity contribution is -0.429. The van der Waals surface area contributed by atoms with Gasteiger partial charge in [0.05, 0.1) is 15.5 Å². The molecule has 0 aliphatic carbocycles. The minimum Gasteiger partial charge on any atom is -0.433 e. The highest BCUT2D eigenvalue weighted by molar-refractivity contribution is 6.28. The summed E-state index contributed by atoms with van der Waals surface area (Å²) in [5.41, 5.74) is -0.0969. The van der Waals surface area contributed by atoms with Crippen molar-refractivity contribution in [2.75, 3.05) is 5.32 Å². The summed E-state index contributed by atoms with van der Waals surface area (Å²) in [5.74, 6) is 0.175. The lowest BCUT2D eigenvalue weighted by atomic mass is 10.3. The summed E-state index contributed by atoms with van der Waals surface area (Å²) in [6.45, 7) is 0.